The first kappa shape index (κ1) is 13.4. The fraction of sp³-hybridized carbons (Fsp3) is 0.917. The quantitative estimate of drug-likeness (QED) is 0.626. The van der Waals surface area contributed by atoms with Crippen LogP contribution < -0.4 is 0 Å². The van der Waals surface area contributed by atoms with Crippen molar-refractivity contribution in [3.05, 3.63) is 0 Å². The molecule has 0 aromatic carbocycles. The van der Waals surface area contributed by atoms with Crippen LogP contribution in [0.15, 0.2) is 0 Å². The Kier molecular flexibility index (Phi) is 7.51. The van der Waals surface area contributed by atoms with E-state index in [9.17, 15) is 0 Å². The summed E-state index contributed by atoms with van der Waals surface area (Å²) in [5.41, 5.74) is 0. The minimum Gasteiger partial charge on any atom is -0.305 e. The summed E-state index contributed by atoms with van der Waals surface area (Å²) in [4.78, 5) is 2.28. The van der Waals surface area contributed by atoms with Gasteiger partial charge in [-0.2, -0.15) is 5.26 Å². The topological polar surface area (TPSA) is 27.0 Å². The average molecular weight is 196 g/mol. The summed E-state index contributed by atoms with van der Waals surface area (Å²) in [6.07, 6.45) is 3.49. The van der Waals surface area contributed by atoms with Crippen molar-refractivity contribution in [3.8, 4) is 6.07 Å². The molecule has 0 aliphatic carbocycles. The number of hydrogen-bond acceptors (Lipinski definition) is 2. The van der Waals surface area contributed by atoms with Crippen molar-refractivity contribution in [2.24, 2.45) is 11.8 Å². The second-order valence-electron chi connectivity index (χ2n) is 4.53. The predicted molar refractivity (Wildman–Crippen MR) is 61.0 cm³/mol. The highest BCUT2D eigenvalue weighted by Crippen LogP contribution is 2.07. The Morgan fingerprint density at radius 3 is 2.43 bits per heavy atom. The fourth-order valence-corrected chi connectivity index (χ4v) is 1.50. The Hall–Kier alpha value is -0.550. The molecule has 0 bridgehead atoms. The molecule has 0 amide bonds. The van der Waals surface area contributed by atoms with Crippen LogP contribution in [0.2, 0.25) is 0 Å². The van der Waals surface area contributed by atoms with E-state index in [0.717, 1.165) is 25.4 Å². The molecule has 1 atom stereocenters. The fourth-order valence-electron chi connectivity index (χ4n) is 1.50. The molecule has 2 nitrogen and oxygen atoms in total. The summed E-state index contributed by atoms with van der Waals surface area (Å²) >= 11 is 0. The lowest BCUT2D eigenvalue weighted by molar-refractivity contribution is 0.288. The van der Waals surface area contributed by atoms with Gasteiger partial charge in [0.1, 0.15) is 0 Å². The molecule has 0 saturated heterocycles. The molecule has 0 heterocycles. The lowest BCUT2D eigenvalue weighted by Gasteiger charge is -2.19. The van der Waals surface area contributed by atoms with Gasteiger partial charge in [-0.1, -0.05) is 20.8 Å². The maximum atomic E-state index is 8.81. The summed E-state index contributed by atoms with van der Waals surface area (Å²) < 4.78 is 0. The van der Waals surface area contributed by atoms with Crippen molar-refractivity contribution in [2.75, 3.05) is 20.1 Å². The summed E-state index contributed by atoms with van der Waals surface area (Å²) in [6, 6.07) is 2.34. The minimum atomic E-state index is 0.207. The lowest BCUT2D eigenvalue weighted by atomic mass is 10.1. The van der Waals surface area contributed by atoms with Gasteiger partial charge in [-0.15, -0.1) is 0 Å². The third-order valence-electron chi connectivity index (χ3n) is 2.53. The first-order chi connectivity index (χ1) is 6.60. The highest BCUT2D eigenvalue weighted by molar-refractivity contribution is 4.83. The average Bonchev–Trinajstić information content (AvgIpc) is 2.13. The summed E-state index contributed by atoms with van der Waals surface area (Å²) in [5, 5.41) is 8.81. The number of hydrogen-bond donors (Lipinski definition) is 0. The Labute approximate surface area is 88.9 Å². The molecule has 0 fully saturated rings. The first-order valence-corrected chi connectivity index (χ1v) is 5.68. The van der Waals surface area contributed by atoms with Crippen LogP contribution in [0.5, 0.6) is 0 Å². The van der Waals surface area contributed by atoms with E-state index in [1.807, 2.05) is 0 Å². The molecule has 0 N–H and O–H groups in total. The zero-order valence-corrected chi connectivity index (χ0v) is 10.1. The summed E-state index contributed by atoms with van der Waals surface area (Å²) in [7, 11) is 2.11. The maximum absolute atomic E-state index is 8.81. The summed E-state index contributed by atoms with van der Waals surface area (Å²) in [5.74, 6) is 1.00. The van der Waals surface area contributed by atoms with Crippen molar-refractivity contribution in [1.29, 1.82) is 5.26 Å². The van der Waals surface area contributed by atoms with Gasteiger partial charge in [-0.3, -0.25) is 0 Å². The molecule has 14 heavy (non-hydrogen) atoms. The molecule has 0 aliphatic rings. The number of nitrogens with zero attached hydrogens (tertiary/aromatic N) is 2. The van der Waals surface area contributed by atoms with Crippen LogP contribution in [-0.2, 0) is 0 Å². The zero-order chi connectivity index (χ0) is 11.0. The van der Waals surface area contributed by atoms with Crippen molar-refractivity contribution >= 4 is 0 Å². The first-order valence-electron chi connectivity index (χ1n) is 5.68. The predicted octanol–water partition coefficient (Wildman–Crippen LogP) is 2.90. The van der Waals surface area contributed by atoms with Gasteiger partial charge in [0, 0.05) is 6.54 Å². The molecule has 1 unspecified atom stereocenters. The van der Waals surface area contributed by atoms with Gasteiger partial charge in [0.05, 0.1) is 12.0 Å². The zero-order valence-electron chi connectivity index (χ0n) is 10.1. The van der Waals surface area contributed by atoms with Crippen LogP contribution in [0, 0.1) is 23.2 Å². The molecular weight excluding hydrogens is 172 g/mol. The lowest BCUT2D eigenvalue weighted by Crippen LogP contribution is -2.26. The van der Waals surface area contributed by atoms with Gasteiger partial charge in [0.25, 0.3) is 0 Å². The molecule has 82 valence electrons. The molecule has 0 rings (SSSR count). The third-order valence-corrected chi connectivity index (χ3v) is 2.53. The second kappa shape index (κ2) is 7.82. The van der Waals surface area contributed by atoms with Crippen molar-refractivity contribution in [1.82, 2.24) is 4.90 Å². The van der Waals surface area contributed by atoms with Crippen LogP contribution >= 0.6 is 0 Å². The maximum Gasteiger partial charge on any atom is 0.0669 e. The van der Waals surface area contributed by atoms with Gasteiger partial charge in [-0.25, -0.2) is 0 Å². The van der Waals surface area contributed by atoms with E-state index in [-0.39, 0.29) is 5.92 Å². The van der Waals surface area contributed by atoms with Gasteiger partial charge in [0.15, 0.2) is 0 Å². The Balaban J connectivity index is 3.55. The largest absolute Gasteiger partial charge is 0.305 e. The smallest absolute Gasteiger partial charge is 0.0669 e. The second-order valence-corrected chi connectivity index (χ2v) is 4.53. The molecule has 0 aliphatic heterocycles. The Morgan fingerprint density at radius 2 is 2.00 bits per heavy atom. The summed E-state index contributed by atoms with van der Waals surface area (Å²) in [6.45, 7) is 8.63. The van der Waals surface area contributed by atoms with E-state index >= 15 is 0 Å². The Bertz CT molecular complexity index is 170. The van der Waals surface area contributed by atoms with Gasteiger partial charge >= 0.3 is 0 Å². The van der Waals surface area contributed by atoms with E-state index in [0.29, 0.717) is 0 Å². The molecule has 0 radical (unpaired) electrons. The van der Waals surface area contributed by atoms with Crippen LogP contribution in [0.1, 0.15) is 40.0 Å². The molecule has 2 heteroatoms. The van der Waals surface area contributed by atoms with Gasteiger partial charge in [-0.05, 0) is 38.8 Å². The van der Waals surface area contributed by atoms with E-state index in [1.165, 1.54) is 12.8 Å². The minimum absolute atomic E-state index is 0.207. The van der Waals surface area contributed by atoms with Crippen molar-refractivity contribution < 1.29 is 0 Å². The van der Waals surface area contributed by atoms with Gasteiger partial charge < -0.3 is 4.90 Å². The van der Waals surface area contributed by atoms with E-state index in [1.54, 1.807) is 0 Å². The molecular formula is C12H24N2. The Morgan fingerprint density at radius 1 is 1.36 bits per heavy atom. The highest BCUT2D eigenvalue weighted by Gasteiger charge is 2.07. The molecule has 0 saturated carbocycles. The normalized spacial score (nSPS) is 13.2. The molecule has 0 aromatic heterocycles. The third kappa shape index (κ3) is 6.91. The number of rotatable bonds is 7. The van der Waals surface area contributed by atoms with E-state index in [4.69, 9.17) is 5.26 Å². The van der Waals surface area contributed by atoms with Crippen molar-refractivity contribution in [3.63, 3.8) is 0 Å². The van der Waals surface area contributed by atoms with E-state index in [2.05, 4.69) is 38.8 Å². The van der Waals surface area contributed by atoms with E-state index < -0.39 is 0 Å². The molecule has 0 aromatic rings. The van der Waals surface area contributed by atoms with Crippen molar-refractivity contribution in [2.45, 2.75) is 40.0 Å². The van der Waals surface area contributed by atoms with Gasteiger partial charge in [0.2, 0.25) is 0 Å². The SMILES string of the molecule is CCC(C#N)CN(C)CCCC(C)C. The molecule has 0 spiro atoms. The standard InChI is InChI=1S/C12H24N2/c1-5-12(9-13)10-14(4)8-6-7-11(2)3/h11-12H,5-8,10H2,1-4H3. The van der Waals surface area contributed by atoms with Crippen LogP contribution in [-0.4, -0.2) is 25.0 Å². The monoisotopic (exact) mass is 196 g/mol. The van der Waals surface area contributed by atoms with Crippen LogP contribution in [0.25, 0.3) is 0 Å². The number of nitriles is 1. The van der Waals surface area contributed by atoms with Crippen LogP contribution in [0.3, 0.4) is 0 Å². The highest BCUT2D eigenvalue weighted by atomic mass is 15.1. The van der Waals surface area contributed by atoms with Crippen LogP contribution in [0.4, 0.5) is 0 Å².